The molecule has 2 heterocycles. The number of ether oxygens (including phenoxy) is 1. The first-order valence-corrected chi connectivity index (χ1v) is 5.24. The van der Waals surface area contributed by atoms with Crippen molar-refractivity contribution < 1.29 is 4.74 Å². The molecule has 82 valence electrons. The normalized spacial score (nSPS) is 16.7. The molecule has 1 aromatic heterocycles. The minimum atomic E-state index is 0.625. The summed E-state index contributed by atoms with van der Waals surface area (Å²) in [6.07, 6.45) is 2.41. The summed E-state index contributed by atoms with van der Waals surface area (Å²) < 4.78 is 5.29. The Morgan fingerprint density at radius 1 is 1.33 bits per heavy atom. The van der Waals surface area contributed by atoms with Crippen molar-refractivity contribution in [3.63, 3.8) is 0 Å². The summed E-state index contributed by atoms with van der Waals surface area (Å²) in [5, 5.41) is 0. The van der Waals surface area contributed by atoms with Crippen LogP contribution < -0.4 is 10.6 Å². The fourth-order valence-corrected chi connectivity index (χ4v) is 1.64. The number of nitrogens with zero attached hydrogens (tertiary/aromatic N) is 3. The molecule has 15 heavy (non-hydrogen) atoms. The molecule has 0 unspecified atom stereocenters. The third kappa shape index (κ3) is 2.64. The van der Waals surface area contributed by atoms with E-state index in [2.05, 4.69) is 14.9 Å². The second kappa shape index (κ2) is 5.04. The van der Waals surface area contributed by atoms with Gasteiger partial charge in [0, 0.05) is 31.3 Å². The Morgan fingerprint density at radius 3 is 2.87 bits per heavy atom. The van der Waals surface area contributed by atoms with Crippen LogP contribution in [-0.2, 0) is 11.2 Å². The van der Waals surface area contributed by atoms with Crippen LogP contribution in [0.4, 0.5) is 5.82 Å². The van der Waals surface area contributed by atoms with Gasteiger partial charge in [0.05, 0.1) is 13.2 Å². The predicted molar refractivity (Wildman–Crippen MR) is 57.8 cm³/mol. The summed E-state index contributed by atoms with van der Waals surface area (Å²) in [6, 6.07) is 2.01. The van der Waals surface area contributed by atoms with E-state index < -0.39 is 0 Å². The van der Waals surface area contributed by atoms with Gasteiger partial charge < -0.3 is 15.4 Å². The summed E-state index contributed by atoms with van der Waals surface area (Å²) >= 11 is 0. The fraction of sp³-hybridized carbons (Fsp3) is 0.600. The van der Waals surface area contributed by atoms with Crippen molar-refractivity contribution in [2.75, 3.05) is 37.7 Å². The summed E-state index contributed by atoms with van der Waals surface area (Å²) in [5.74, 6) is 0.983. The van der Waals surface area contributed by atoms with Gasteiger partial charge in [0.2, 0.25) is 0 Å². The van der Waals surface area contributed by atoms with E-state index in [9.17, 15) is 0 Å². The Bertz CT molecular complexity index is 312. The van der Waals surface area contributed by atoms with Crippen LogP contribution in [0.2, 0.25) is 0 Å². The number of anilines is 1. The third-order valence-electron chi connectivity index (χ3n) is 2.44. The standard InChI is InChI=1S/C10H16N4O/c11-2-1-9-7-10(13-8-12-9)14-3-5-15-6-4-14/h7-8H,1-6,11H2. The fourth-order valence-electron chi connectivity index (χ4n) is 1.64. The van der Waals surface area contributed by atoms with Gasteiger partial charge in [0.25, 0.3) is 0 Å². The molecule has 0 amide bonds. The summed E-state index contributed by atoms with van der Waals surface area (Å²) in [7, 11) is 0. The van der Waals surface area contributed by atoms with E-state index in [1.54, 1.807) is 6.33 Å². The first-order valence-electron chi connectivity index (χ1n) is 5.24. The van der Waals surface area contributed by atoms with Crippen LogP contribution in [0, 0.1) is 0 Å². The van der Waals surface area contributed by atoms with E-state index in [1.807, 2.05) is 6.07 Å². The Hall–Kier alpha value is -1.20. The lowest BCUT2D eigenvalue weighted by Crippen LogP contribution is -2.36. The zero-order valence-electron chi connectivity index (χ0n) is 8.72. The molecule has 1 aromatic rings. The molecule has 0 aliphatic carbocycles. The van der Waals surface area contributed by atoms with Crippen molar-refractivity contribution in [1.82, 2.24) is 9.97 Å². The Kier molecular flexibility index (Phi) is 3.47. The van der Waals surface area contributed by atoms with E-state index in [0.29, 0.717) is 6.54 Å². The van der Waals surface area contributed by atoms with Crippen molar-refractivity contribution in [1.29, 1.82) is 0 Å². The van der Waals surface area contributed by atoms with Crippen LogP contribution in [0.5, 0.6) is 0 Å². The highest BCUT2D eigenvalue weighted by Crippen LogP contribution is 2.12. The van der Waals surface area contributed by atoms with Crippen molar-refractivity contribution in [2.45, 2.75) is 6.42 Å². The smallest absolute Gasteiger partial charge is 0.132 e. The maximum atomic E-state index is 5.50. The molecule has 1 aliphatic rings. The van der Waals surface area contributed by atoms with Crippen molar-refractivity contribution in [3.05, 3.63) is 18.1 Å². The summed E-state index contributed by atoms with van der Waals surface area (Å²) in [6.45, 7) is 3.98. The van der Waals surface area contributed by atoms with Gasteiger partial charge in [-0.3, -0.25) is 0 Å². The van der Waals surface area contributed by atoms with Crippen LogP contribution in [0.25, 0.3) is 0 Å². The van der Waals surface area contributed by atoms with Crippen molar-refractivity contribution in [2.24, 2.45) is 5.73 Å². The lowest BCUT2D eigenvalue weighted by atomic mass is 10.3. The molecule has 5 heteroatoms. The van der Waals surface area contributed by atoms with Gasteiger partial charge in [-0.25, -0.2) is 9.97 Å². The van der Waals surface area contributed by atoms with Gasteiger partial charge in [-0.05, 0) is 6.54 Å². The molecule has 1 saturated heterocycles. The highest BCUT2D eigenvalue weighted by molar-refractivity contribution is 5.39. The zero-order valence-corrected chi connectivity index (χ0v) is 8.72. The van der Waals surface area contributed by atoms with E-state index in [0.717, 1.165) is 44.2 Å². The maximum absolute atomic E-state index is 5.50. The Labute approximate surface area is 89.3 Å². The number of aromatic nitrogens is 2. The largest absolute Gasteiger partial charge is 0.378 e. The van der Waals surface area contributed by atoms with Gasteiger partial charge in [-0.15, -0.1) is 0 Å². The zero-order chi connectivity index (χ0) is 10.5. The van der Waals surface area contributed by atoms with Crippen LogP contribution in [-0.4, -0.2) is 42.8 Å². The molecule has 1 fully saturated rings. The second-order valence-electron chi connectivity index (χ2n) is 3.51. The minimum absolute atomic E-state index is 0.625. The summed E-state index contributed by atoms with van der Waals surface area (Å²) in [5.41, 5.74) is 6.50. The number of hydrogen-bond acceptors (Lipinski definition) is 5. The van der Waals surface area contributed by atoms with Crippen LogP contribution in [0.15, 0.2) is 12.4 Å². The number of hydrogen-bond donors (Lipinski definition) is 1. The van der Waals surface area contributed by atoms with Gasteiger partial charge in [-0.1, -0.05) is 0 Å². The third-order valence-corrected chi connectivity index (χ3v) is 2.44. The lowest BCUT2D eigenvalue weighted by Gasteiger charge is -2.27. The maximum Gasteiger partial charge on any atom is 0.132 e. The van der Waals surface area contributed by atoms with Crippen molar-refractivity contribution in [3.8, 4) is 0 Å². The van der Waals surface area contributed by atoms with Crippen LogP contribution >= 0.6 is 0 Å². The quantitative estimate of drug-likeness (QED) is 0.746. The highest BCUT2D eigenvalue weighted by atomic mass is 16.5. The molecular weight excluding hydrogens is 192 g/mol. The molecule has 5 nitrogen and oxygen atoms in total. The highest BCUT2D eigenvalue weighted by Gasteiger charge is 2.12. The van der Waals surface area contributed by atoms with Gasteiger partial charge in [-0.2, -0.15) is 0 Å². The average Bonchev–Trinajstić information content (AvgIpc) is 2.31. The monoisotopic (exact) mass is 208 g/mol. The summed E-state index contributed by atoms with van der Waals surface area (Å²) in [4.78, 5) is 10.7. The van der Waals surface area contributed by atoms with E-state index in [1.165, 1.54) is 0 Å². The van der Waals surface area contributed by atoms with Gasteiger partial charge in [0.1, 0.15) is 12.1 Å². The number of rotatable bonds is 3. The van der Waals surface area contributed by atoms with Crippen LogP contribution in [0.3, 0.4) is 0 Å². The van der Waals surface area contributed by atoms with Crippen molar-refractivity contribution >= 4 is 5.82 Å². The second-order valence-corrected chi connectivity index (χ2v) is 3.51. The average molecular weight is 208 g/mol. The van der Waals surface area contributed by atoms with Gasteiger partial charge >= 0.3 is 0 Å². The molecular formula is C10H16N4O. The molecule has 0 spiro atoms. The van der Waals surface area contributed by atoms with Crippen LogP contribution in [0.1, 0.15) is 5.69 Å². The van der Waals surface area contributed by atoms with E-state index in [4.69, 9.17) is 10.5 Å². The number of nitrogens with two attached hydrogens (primary N) is 1. The minimum Gasteiger partial charge on any atom is -0.378 e. The Morgan fingerprint density at radius 2 is 2.13 bits per heavy atom. The van der Waals surface area contributed by atoms with E-state index >= 15 is 0 Å². The first kappa shape index (κ1) is 10.3. The topological polar surface area (TPSA) is 64.3 Å². The first-order chi connectivity index (χ1) is 7.40. The number of morpholine rings is 1. The SMILES string of the molecule is NCCc1cc(N2CCOCC2)ncn1. The Balaban J connectivity index is 2.09. The van der Waals surface area contributed by atoms with E-state index in [-0.39, 0.29) is 0 Å². The lowest BCUT2D eigenvalue weighted by molar-refractivity contribution is 0.122. The predicted octanol–water partition coefficient (Wildman–Crippen LogP) is -0.186. The molecule has 0 atom stereocenters. The molecule has 2 N–H and O–H groups in total. The molecule has 1 aliphatic heterocycles. The molecule has 0 aromatic carbocycles. The van der Waals surface area contributed by atoms with Gasteiger partial charge in [0.15, 0.2) is 0 Å². The molecule has 0 bridgehead atoms. The molecule has 2 rings (SSSR count). The molecule has 0 radical (unpaired) electrons. The molecule has 0 saturated carbocycles.